The molecule has 1 aliphatic heterocycles. The summed E-state index contributed by atoms with van der Waals surface area (Å²) in [6.07, 6.45) is -4.07. The first-order valence-electron chi connectivity index (χ1n) is 6.70. The number of hydrogen-bond donors (Lipinski definition) is 1. The number of benzene rings is 1. The number of likely N-dealkylation sites (tertiary alicyclic amines) is 1. The largest absolute Gasteiger partial charge is 0.471 e. The molecule has 22 heavy (non-hydrogen) atoms. The SMILES string of the molecule is O=C(Nc1ccccc1Br)C1CCCN(C(=O)C(F)(F)F)C1. The van der Waals surface area contributed by atoms with Crippen molar-refractivity contribution in [3.05, 3.63) is 28.7 Å². The van der Waals surface area contributed by atoms with Gasteiger partial charge in [-0.25, -0.2) is 0 Å². The van der Waals surface area contributed by atoms with E-state index in [1.54, 1.807) is 24.3 Å². The van der Waals surface area contributed by atoms with Crippen molar-refractivity contribution in [1.82, 2.24) is 4.90 Å². The fourth-order valence-corrected chi connectivity index (χ4v) is 2.74. The van der Waals surface area contributed by atoms with Crippen LogP contribution in [0.3, 0.4) is 0 Å². The van der Waals surface area contributed by atoms with E-state index in [2.05, 4.69) is 21.2 Å². The van der Waals surface area contributed by atoms with Gasteiger partial charge in [0.05, 0.1) is 11.6 Å². The Morgan fingerprint density at radius 3 is 2.59 bits per heavy atom. The van der Waals surface area contributed by atoms with Crippen molar-refractivity contribution in [2.75, 3.05) is 18.4 Å². The number of piperidine rings is 1. The van der Waals surface area contributed by atoms with E-state index in [-0.39, 0.29) is 19.0 Å². The number of halogens is 4. The molecule has 1 aliphatic rings. The van der Waals surface area contributed by atoms with E-state index >= 15 is 0 Å². The third kappa shape index (κ3) is 4.00. The molecule has 1 unspecified atom stereocenters. The number of anilines is 1. The highest BCUT2D eigenvalue weighted by atomic mass is 79.9. The lowest BCUT2D eigenvalue weighted by molar-refractivity contribution is -0.187. The first-order valence-corrected chi connectivity index (χ1v) is 7.50. The maximum absolute atomic E-state index is 12.5. The first-order chi connectivity index (χ1) is 10.3. The second kappa shape index (κ2) is 6.68. The zero-order valence-corrected chi connectivity index (χ0v) is 13.1. The molecular formula is C14H14BrF3N2O2. The van der Waals surface area contributed by atoms with Crippen molar-refractivity contribution in [2.24, 2.45) is 5.92 Å². The Labute approximate surface area is 133 Å². The van der Waals surface area contributed by atoms with Gasteiger partial charge in [-0.2, -0.15) is 13.2 Å². The molecule has 1 heterocycles. The van der Waals surface area contributed by atoms with Crippen LogP contribution in [0.5, 0.6) is 0 Å². The average molecular weight is 379 g/mol. The van der Waals surface area contributed by atoms with Crippen molar-refractivity contribution in [2.45, 2.75) is 19.0 Å². The highest BCUT2D eigenvalue weighted by molar-refractivity contribution is 9.10. The van der Waals surface area contributed by atoms with Crippen LogP contribution in [-0.2, 0) is 9.59 Å². The molecule has 1 atom stereocenters. The summed E-state index contributed by atoms with van der Waals surface area (Å²) in [5.74, 6) is -2.91. The van der Waals surface area contributed by atoms with Crippen LogP contribution in [0.4, 0.5) is 18.9 Å². The molecular weight excluding hydrogens is 365 g/mol. The van der Waals surface area contributed by atoms with E-state index in [4.69, 9.17) is 0 Å². The van der Waals surface area contributed by atoms with Crippen molar-refractivity contribution in [3.8, 4) is 0 Å². The highest BCUT2D eigenvalue weighted by Gasteiger charge is 2.44. The third-order valence-corrected chi connectivity index (χ3v) is 4.15. The maximum atomic E-state index is 12.5. The predicted octanol–water partition coefficient (Wildman–Crippen LogP) is 3.19. The standard InChI is InChI=1S/C14H14BrF3N2O2/c15-10-5-1-2-6-11(10)19-12(21)9-4-3-7-20(8-9)13(22)14(16,17)18/h1-2,5-6,9H,3-4,7-8H2,(H,19,21). The van der Waals surface area contributed by atoms with Gasteiger partial charge >= 0.3 is 12.1 Å². The number of amides is 2. The molecule has 4 nitrogen and oxygen atoms in total. The van der Waals surface area contributed by atoms with Gasteiger partial charge < -0.3 is 10.2 Å². The Balaban J connectivity index is 2.02. The fraction of sp³-hybridized carbons (Fsp3) is 0.429. The molecule has 1 fully saturated rings. The Morgan fingerprint density at radius 1 is 1.27 bits per heavy atom. The van der Waals surface area contributed by atoms with Crippen molar-refractivity contribution < 1.29 is 22.8 Å². The van der Waals surface area contributed by atoms with E-state index in [1.807, 2.05) is 0 Å². The molecule has 1 aromatic carbocycles. The number of para-hydroxylation sites is 1. The zero-order valence-electron chi connectivity index (χ0n) is 11.5. The summed E-state index contributed by atoms with van der Waals surface area (Å²) in [7, 11) is 0. The summed E-state index contributed by atoms with van der Waals surface area (Å²) in [5.41, 5.74) is 0.548. The Morgan fingerprint density at radius 2 is 1.95 bits per heavy atom. The van der Waals surface area contributed by atoms with E-state index in [1.165, 1.54) is 0 Å². The molecule has 120 valence electrons. The molecule has 0 saturated carbocycles. The average Bonchev–Trinajstić information content (AvgIpc) is 2.48. The number of hydrogen-bond acceptors (Lipinski definition) is 2. The summed E-state index contributed by atoms with van der Waals surface area (Å²) >= 11 is 3.28. The molecule has 2 rings (SSSR count). The van der Waals surface area contributed by atoms with Gasteiger partial charge in [-0.05, 0) is 40.9 Å². The minimum absolute atomic E-state index is 0.0250. The first kappa shape index (κ1) is 16.8. The highest BCUT2D eigenvalue weighted by Crippen LogP contribution is 2.26. The lowest BCUT2D eigenvalue weighted by Gasteiger charge is -2.32. The van der Waals surface area contributed by atoms with Crippen molar-refractivity contribution >= 4 is 33.4 Å². The molecule has 0 radical (unpaired) electrons. The van der Waals surface area contributed by atoms with Gasteiger partial charge in [0.15, 0.2) is 0 Å². The molecule has 0 aliphatic carbocycles. The number of carbonyl (C=O) groups is 2. The van der Waals surface area contributed by atoms with Gasteiger partial charge in [0, 0.05) is 17.6 Å². The lowest BCUT2D eigenvalue weighted by Crippen LogP contribution is -2.48. The van der Waals surface area contributed by atoms with Crippen molar-refractivity contribution in [3.63, 3.8) is 0 Å². The van der Waals surface area contributed by atoms with Crippen LogP contribution >= 0.6 is 15.9 Å². The van der Waals surface area contributed by atoms with Gasteiger partial charge in [-0.1, -0.05) is 12.1 Å². The summed E-state index contributed by atoms with van der Waals surface area (Å²) in [5, 5.41) is 2.67. The number of nitrogens with zero attached hydrogens (tertiary/aromatic N) is 1. The summed E-state index contributed by atoms with van der Waals surface area (Å²) in [6.45, 7) is -0.189. The molecule has 0 aromatic heterocycles. The van der Waals surface area contributed by atoms with Crippen LogP contribution in [0.2, 0.25) is 0 Å². The van der Waals surface area contributed by atoms with Crippen LogP contribution < -0.4 is 5.32 Å². The maximum Gasteiger partial charge on any atom is 0.471 e. The van der Waals surface area contributed by atoms with Crippen LogP contribution in [0, 0.1) is 5.92 Å². The van der Waals surface area contributed by atoms with Crippen LogP contribution in [0.25, 0.3) is 0 Å². The summed E-state index contributed by atoms with van der Waals surface area (Å²) in [4.78, 5) is 24.2. The van der Waals surface area contributed by atoms with Gasteiger partial charge in [-0.15, -0.1) is 0 Å². The molecule has 0 spiro atoms. The Kier molecular flexibility index (Phi) is 5.10. The van der Waals surface area contributed by atoms with Crippen LogP contribution in [0.1, 0.15) is 12.8 Å². The zero-order chi connectivity index (χ0) is 16.3. The number of alkyl halides is 3. The Bertz CT molecular complexity index is 577. The quantitative estimate of drug-likeness (QED) is 0.858. The van der Waals surface area contributed by atoms with Crippen LogP contribution in [-0.4, -0.2) is 36.0 Å². The monoisotopic (exact) mass is 378 g/mol. The molecule has 0 bridgehead atoms. The smallest absolute Gasteiger partial charge is 0.334 e. The summed E-state index contributed by atoms with van der Waals surface area (Å²) in [6, 6.07) is 6.95. The van der Waals surface area contributed by atoms with Crippen LogP contribution in [0.15, 0.2) is 28.7 Å². The van der Waals surface area contributed by atoms with Crippen molar-refractivity contribution in [1.29, 1.82) is 0 Å². The molecule has 2 amide bonds. The lowest BCUT2D eigenvalue weighted by atomic mass is 9.97. The molecule has 1 aromatic rings. The van der Waals surface area contributed by atoms with E-state index < -0.39 is 18.0 Å². The van der Waals surface area contributed by atoms with E-state index in [0.29, 0.717) is 27.9 Å². The van der Waals surface area contributed by atoms with Gasteiger partial charge in [-0.3, -0.25) is 9.59 Å². The third-order valence-electron chi connectivity index (χ3n) is 3.45. The van der Waals surface area contributed by atoms with E-state index in [9.17, 15) is 22.8 Å². The normalized spacial score (nSPS) is 18.9. The molecule has 1 saturated heterocycles. The second-order valence-corrected chi connectivity index (χ2v) is 5.91. The Hall–Kier alpha value is -1.57. The van der Waals surface area contributed by atoms with Gasteiger partial charge in [0.25, 0.3) is 0 Å². The predicted molar refractivity (Wildman–Crippen MR) is 78.1 cm³/mol. The second-order valence-electron chi connectivity index (χ2n) is 5.06. The van der Waals surface area contributed by atoms with Gasteiger partial charge in [0.2, 0.25) is 5.91 Å². The fourth-order valence-electron chi connectivity index (χ4n) is 2.35. The minimum Gasteiger partial charge on any atom is -0.334 e. The van der Waals surface area contributed by atoms with Gasteiger partial charge in [0.1, 0.15) is 0 Å². The molecule has 1 N–H and O–H groups in total. The molecule has 8 heteroatoms. The number of nitrogens with one attached hydrogen (secondary N) is 1. The summed E-state index contributed by atoms with van der Waals surface area (Å²) < 4.78 is 38.1. The van der Waals surface area contributed by atoms with E-state index in [0.717, 1.165) is 0 Å². The number of rotatable bonds is 2. The number of carbonyl (C=O) groups excluding carboxylic acids is 2. The topological polar surface area (TPSA) is 49.4 Å². The minimum atomic E-state index is -4.90.